The third kappa shape index (κ3) is 5.47. The van der Waals surface area contributed by atoms with E-state index in [-0.39, 0.29) is 12.5 Å². The number of carboxylic acid groups (broad SMARTS) is 1. The summed E-state index contributed by atoms with van der Waals surface area (Å²) in [6, 6.07) is 12.6. The minimum Gasteiger partial charge on any atom is -0.481 e. The molecule has 10 heteroatoms. The highest BCUT2D eigenvalue weighted by molar-refractivity contribution is 5.92. The number of aliphatic carboxylic acids is 1. The van der Waals surface area contributed by atoms with Crippen LogP contribution in [0.1, 0.15) is 23.5 Å². The standard InChI is InChI=1S/C23H24N2O8/c1-32-22(30)19(11-26)24-21(29)18(10-20(27)28)25-23(31)33-12-17-15-8-4-2-6-13(15)14-7-3-5-9-16(14)17/h2-9,17-19,26H,10-12H2,1H3,(H,24,29)(H,25,31)(H,27,28). The van der Waals surface area contributed by atoms with Gasteiger partial charge in [0.05, 0.1) is 20.1 Å². The van der Waals surface area contributed by atoms with Gasteiger partial charge in [0.1, 0.15) is 12.6 Å². The average molecular weight is 456 g/mol. The molecule has 2 aromatic rings. The zero-order valence-electron chi connectivity index (χ0n) is 17.8. The van der Waals surface area contributed by atoms with Crippen LogP contribution in [0.5, 0.6) is 0 Å². The van der Waals surface area contributed by atoms with Crippen molar-refractivity contribution in [2.45, 2.75) is 24.4 Å². The van der Waals surface area contributed by atoms with Crippen LogP contribution >= 0.6 is 0 Å². The number of amides is 2. The van der Waals surface area contributed by atoms with Gasteiger partial charge in [-0.2, -0.15) is 0 Å². The van der Waals surface area contributed by atoms with Crippen molar-refractivity contribution in [2.75, 3.05) is 20.3 Å². The Hall–Kier alpha value is -3.92. The number of aliphatic hydroxyl groups is 1. The lowest BCUT2D eigenvalue weighted by Gasteiger charge is -2.20. The molecule has 2 atom stereocenters. The first-order valence-electron chi connectivity index (χ1n) is 10.2. The Bertz CT molecular complexity index is 1010. The quantitative estimate of drug-likeness (QED) is 0.408. The molecule has 10 nitrogen and oxygen atoms in total. The van der Waals surface area contributed by atoms with Crippen LogP contribution in [0.15, 0.2) is 48.5 Å². The third-order valence-electron chi connectivity index (χ3n) is 5.32. The smallest absolute Gasteiger partial charge is 0.407 e. The van der Waals surface area contributed by atoms with E-state index in [2.05, 4.69) is 15.4 Å². The average Bonchev–Trinajstić information content (AvgIpc) is 3.13. The van der Waals surface area contributed by atoms with E-state index in [1.165, 1.54) is 0 Å². The Morgan fingerprint density at radius 2 is 1.52 bits per heavy atom. The summed E-state index contributed by atoms with van der Waals surface area (Å²) in [5, 5.41) is 22.7. The maximum absolute atomic E-state index is 12.4. The number of methoxy groups -OCH3 is 1. The highest BCUT2D eigenvalue weighted by Gasteiger charge is 2.31. The highest BCUT2D eigenvalue weighted by Crippen LogP contribution is 2.44. The van der Waals surface area contributed by atoms with Crippen molar-refractivity contribution in [1.82, 2.24) is 10.6 Å². The predicted molar refractivity (Wildman–Crippen MR) is 115 cm³/mol. The van der Waals surface area contributed by atoms with Gasteiger partial charge in [-0.25, -0.2) is 9.59 Å². The summed E-state index contributed by atoms with van der Waals surface area (Å²) < 4.78 is 9.79. The van der Waals surface area contributed by atoms with Crippen molar-refractivity contribution < 1.29 is 38.9 Å². The molecule has 0 spiro atoms. The van der Waals surface area contributed by atoms with E-state index in [1.54, 1.807) is 0 Å². The molecular formula is C23H24N2O8. The molecule has 0 fully saturated rings. The molecule has 0 saturated heterocycles. The van der Waals surface area contributed by atoms with Gasteiger partial charge in [-0.1, -0.05) is 48.5 Å². The van der Waals surface area contributed by atoms with Crippen LogP contribution in [0.4, 0.5) is 4.79 Å². The Morgan fingerprint density at radius 3 is 2.03 bits per heavy atom. The molecule has 1 aliphatic carbocycles. The molecule has 33 heavy (non-hydrogen) atoms. The number of aliphatic hydroxyl groups excluding tert-OH is 1. The normalized spacial score (nSPS) is 13.8. The number of ether oxygens (including phenoxy) is 2. The summed E-state index contributed by atoms with van der Waals surface area (Å²) >= 11 is 0. The number of rotatable bonds is 9. The van der Waals surface area contributed by atoms with E-state index in [4.69, 9.17) is 9.84 Å². The number of hydrogen-bond acceptors (Lipinski definition) is 7. The van der Waals surface area contributed by atoms with Gasteiger partial charge in [0.2, 0.25) is 5.91 Å². The number of alkyl carbamates (subject to hydrolysis) is 1. The summed E-state index contributed by atoms with van der Waals surface area (Å²) in [5.41, 5.74) is 4.08. The van der Waals surface area contributed by atoms with Gasteiger partial charge in [0.25, 0.3) is 0 Å². The van der Waals surface area contributed by atoms with Crippen LogP contribution in [0, 0.1) is 0 Å². The summed E-state index contributed by atoms with van der Waals surface area (Å²) in [7, 11) is 1.07. The maximum Gasteiger partial charge on any atom is 0.407 e. The topological polar surface area (TPSA) is 151 Å². The van der Waals surface area contributed by atoms with Gasteiger partial charge in [-0.15, -0.1) is 0 Å². The number of carbonyl (C=O) groups is 4. The molecule has 0 radical (unpaired) electrons. The molecule has 174 valence electrons. The second-order valence-corrected chi connectivity index (χ2v) is 7.39. The Morgan fingerprint density at radius 1 is 0.939 bits per heavy atom. The van der Waals surface area contributed by atoms with E-state index in [1.807, 2.05) is 48.5 Å². The van der Waals surface area contributed by atoms with Crippen molar-refractivity contribution in [3.05, 3.63) is 59.7 Å². The molecule has 2 aromatic carbocycles. The van der Waals surface area contributed by atoms with Gasteiger partial charge in [0.15, 0.2) is 6.04 Å². The van der Waals surface area contributed by atoms with E-state index in [0.29, 0.717) is 0 Å². The minimum atomic E-state index is -1.53. The van der Waals surface area contributed by atoms with Crippen LogP contribution in [0.25, 0.3) is 11.1 Å². The Labute approximate surface area is 189 Å². The fraction of sp³-hybridized carbons (Fsp3) is 0.304. The first-order valence-corrected chi connectivity index (χ1v) is 10.2. The molecule has 0 saturated carbocycles. The summed E-state index contributed by atoms with van der Waals surface area (Å²) in [4.78, 5) is 47.6. The number of nitrogens with one attached hydrogen (secondary N) is 2. The van der Waals surface area contributed by atoms with Gasteiger partial charge in [-0.3, -0.25) is 9.59 Å². The molecular weight excluding hydrogens is 432 g/mol. The second kappa shape index (κ2) is 10.6. The zero-order valence-corrected chi connectivity index (χ0v) is 17.8. The maximum atomic E-state index is 12.4. The Balaban J connectivity index is 1.67. The fourth-order valence-corrected chi connectivity index (χ4v) is 3.76. The largest absolute Gasteiger partial charge is 0.481 e. The van der Waals surface area contributed by atoms with Crippen molar-refractivity contribution in [3.63, 3.8) is 0 Å². The van der Waals surface area contributed by atoms with Gasteiger partial charge >= 0.3 is 18.0 Å². The third-order valence-corrected chi connectivity index (χ3v) is 5.32. The predicted octanol–water partition coefficient (Wildman–Crippen LogP) is 1.02. The molecule has 3 rings (SSSR count). The molecule has 1 aliphatic rings. The molecule has 4 N–H and O–H groups in total. The van der Waals surface area contributed by atoms with Crippen molar-refractivity contribution in [2.24, 2.45) is 0 Å². The molecule has 0 aromatic heterocycles. The number of hydrogen-bond donors (Lipinski definition) is 4. The summed E-state index contributed by atoms with van der Waals surface area (Å²) in [6.07, 6.45) is -1.74. The molecule has 2 unspecified atom stereocenters. The number of benzene rings is 2. The van der Waals surface area contributed by atoms with Crippen molar-refractivity contribution in [1.29, 1.82) is 0 Å². The van der Waals surface area contributed by atoms with Crippen molar-refractivity contribution >= 4 is 23.9 Å². The minimum absolute atomic E-state index is 0.0251. The van der Waals surface area contributed by atoms with Crippen LogP contribution < -0.4 is 10.6 Å². The van der Waals surface area contributed by atoms with Gasteiger partial charge in [-0.05, 0) is 22.3 Å². The van der Waals surface area contributed by atoms with E-state index >= 15 is 0 Å². The first kappa shape index (κ1) is 23.7. The lowest BCUT2D eigenvalue weighted by molar-refractivity contribution is -0.146. The number of fused-ring (bicyclic) bond motifs is 3. The van der Waals surface area contributed by atoms with Gasteiger partial charge < -0.3 is 30.3 Å². The van der Waals surface area contributed by atoms with Gasteiger partial charge in [0, 0.05) is 5.92 Å². The lowest BCUT2D eigenvalue weighted by atomic mass is 9.98. The van der Waals surface area contributed by atoms with Crippen LogP contribution in [-0.2, 0) is 23.9 Å². The van der Waals surface area contributed by atoms with Crippen LogP contribution in [0.2, 0.25) is 0 Å². The lowest BCUT2D eigenvalue weighted by Crippen LogP contribution is -2.53. The zero-order chi connectivity index (χ0) is 24.0. The number of esters is 1. The number of carbonyl (C=O) groups excluding carboxylic acids is 3. The van der Waals surface area contributed by atoms with E-state index in [9.17, 15) is 24.3 Å². The SMILES string of the molecule is COC(=O)C(CO)NC(=O)C(CC(=O)O)NC(=O)OCC1c2ccccc2-c2ccccc21. The molecule has 0 aliphatic heterocycles. The summed E-state index contributed by atoms with van der Waals surface area (Å²) in [5.74, 6) is -3.46. The van der Waals surface area contributed by atoms with Crippen LogP contribution in [-0.4, -0.2) is 66.6 Å². The Kier molecular flexibility index (Phi) is 7.62. The van der Waals surface area contributed by atoms with E-state index < -0.39 is 49.1 Å². The number of carboxylic acids is 1. The monoisotopic (exact) mass is 456 g/mol. The second-order valence-electron chi connectivity index (χ2n) is 7.39. The highest BCUT2D eigenvalue weighted by atomic mass is 16.5. The van der Waals surface area contributed by atoms with Crippen molar-refractivity contribution in [3.8, 4) is 11.1 Å². The molecule has 0 heterocycles. The summed E-state index contributed by atoms with van der Waals surface area (Å²) in [6.45, 7) is -0.786. The molecule has 2 amide bonds. The molecule has 0 bridgehead atoms. The van der Waals surface area contributed by atoms with E-state index in [0.717, 1.165) is 29.4 Å². The van der Waals surface area contributed by atoms with Crippen LogP contribution in [0.3, 0.4) is 0 Å². The fourth-order valence-electron chi connectivity index (χ4n) is 3.76. The first-order chi connectivity index (χ1) is 15.8.